The lowest BCUT2D eigenvalue weighted by molar-refractivity contribution is 0.0893. The van der Waals surface area contributed by atoms with E-state index in [1.807, 2.05) is 28.8 Å². The van der Waals surface area contributed by atoms with Gasteiger partial charge in [0.05, 0.1) is 24.2 Å². The van der Waals surface area contributed by atoms with Gasteiger partial charge < -0.3 is 19.9 Å². The van der Waals surface area contributed by atoms with Gasteiger partial charge in [0.25, 0.3) is 5.91 Å². The number of rotatable bonds is 5. The monoisotopic (exact) mass is 399 g/mol. The number of hydrogen-bond donors (Lipinski definition) is 2. The average molecular weight is 399 g/mol. The summed E-state index contributed by atoms with van der Waals surface area (Å²) in [4.78, 5) is 12.9. The van der Waals surface area contributed by atoms with Crippen molar-refractivity contribution < 1.29 is 18.3 Å². The predicted molar refractivity (Wildman–Crippen MR) is 108 cm³/mol. The summed E-state index contributed by atoms with van der Waals surface area (Å²) in [6, 6.07) is 11.7. The summed E-state index contributed by atoms with van der Waals surface area (Å²) in [7, 11) is 1.60. The van der Waals surface area contributed by atoms with Crippen molar-refractivity contribution in [3.05, 3.63) is 65.6 Å². The van der Waals surface area contributed by atoms with Gasteiger partial charge >= 0.3 is 0 Å². The van der Waals surface area contributed by atoms with E-state index < -0.39 is 23.9 Å². The summed E-state index contributed by atoms with van der Waals surface area (Å²) in [5, 5.41) is 5.95. The van der Waals surface area contributed by atoms with E-state index in [0.717, 1.165) is 11.3 Å². The number of halogens is 2. The molecule has 4 rings (SSSR count). The van der Waals surface area contributed by atoms with Crippen LogP contribution >= 0.6 is 0 Å². The molecule has 1 aromatic heterocycles. The smallest absolute Gasteiger partial charge is 0.253 e. The molecule has 0 unspecified atom stereocenters. The largest absolute Gasteiger partial charge is 0.497 e. The zero-order chi connectivity index (χ0) is 20.4. The van der Waals surface area contributed by atoms with Gasteiger partial charge in [-0.3, -0.25) is 4.79 Å². The van der Waals surface area contributed by atoms with Gasteiger partial charge in [-0.05, 0) is 42.8 Å². The number of methoxy groups -OCH3 is 1. The number of nitrogens with one attached hydrogen (secondary N) is 2. The van der Waals surface area contributed by atoms with Crippen molar-refractivity contribution in [2.45, 2.75) is 25.2 Å². The SMILES string of the molecule is COc1cccc(Cn2cc(C(=O)N[C@H]3CCNC[C@H]3F)c3c(F)cccc32)c1. The lowest BCUT2D eigenvalue weighted by atomic mass is 10.0. The number of fused-ring (bicyclic) bond motifs is 1. The predicted octanol–water partition coefficient (Wildman–Crippen LogP) is 3.27. The molecule has 1 aliphatic rings. The van der Waals surface area contributed by atoms with Crippen LogP contribution in [-0.2, 0) is 6.54 Å². The minimum Gasteiger partial charge on any atom is -0.497 e. The van der Waals surface area contributed by atoms with Crippen LogP contribution in [0.25, 0.3) is 10.9 Å². The first-order valence-electron chi connectivity index (χ1n) is 9.62. The van der Waals surface area contributed by atoms with Crippen molar-refractivity contribution >= 4 is 16.8 Å². The molecule has 29 heavy (non-hydrogen) atoms. The van der Waals surface area contributed by atoms with Crippen LogP contribution in [0.3, 0.4) is 0 Å². The third-order valence-electron chi connectivity index (χ3n) is 5.31. The second-order valence-electron chi connectivity index (χ2n) is 7.24. The molecule has 152 valence electrons. The van der Waals surface area contributed by atoms with Crippen molar-refractivity contribution in [1.82, 2.24) is 15.2 Å². The molecule has 3 aromatic rings. The number of hydrogen-bond acceptors (Lipinski definition) is 3. The van der Waals surface area contributed by atoms with Gasteiger partial charge in [-0.25, -0.2) is 8.78 Å². The highest BCUT2D eigenvalue weighted by Crippen LogP contribution is 2.26. The molecule has 2 N–H and O–H groups in total. The Morgan fingerprint density at radius 3 is 2.93 bits per heavy atom. The summed E-state index contributed by atoms with van der Waals surface area (Å²) in [6.45, 7) is 1.29. The molecule has 1 amide bonds. The molecule has 1 saturated heterocycles. The second-order valence-corrected chi connectivity index (χ2v) is 7.24. The Kier molecular flexibility index (Phi) is 5.49. The fourth-order valence-corrected chi connectivity index (χ4v) is 3.81. The zero-order valence-corrected chi connectivity index (χ0v) is 16.1. The molecular weight excluding hydrogens is 376 g/mol. The maximum atomic E-state index is 14.6. The second kappa shape index (κ2) is 8.21. The Bertz CT molecular complexity index is 1030. The summed E-state index contributed by atoms with van der Waals surface area (Å²) >= 11 is 0. The highest BCUT2D eigenvalue weighted by atomic mass is 19.1. The van der Waals surface area contributed by atoms with Gasteiger partial charge in [-0.2, -0.15) is 0 Å². The molecule has 0 bridgehead atoms. The van der Waals surface area contributed by atoms with E-state index in [-0.39, 0.29) is 17.5 Å². The van der Waals surface area contributed by atoms with Gasteiger partial charge in [-0.15, -0.1) is 0 Å². The van der Waals surface area contributed by atoms with Crippen LogP contribution in [-0.4, -0.2) is 42.9 Å². The van der Waals surface area contributed by atoms with Crippen LogP contribution in [0.15, 0.2) is 48.7 Å². The lowest BCUT2D eigenvalue weighted by Crippen LogP contribution is -2.50. The van der Waals surface area contributed by atoms with E-state index in [2.05, 4.69) is 10.6 Å². The fraction of sp³-hybridized carbons (Fsp3) is 0.318. The number of carbonyl (C=O) groups excluding carboxylic acids is 1. The molecule has 0 radical (unpaired) electrons. The molecule has 1 aliphatic heterocycles. The number of ether oxygens (including phenoxy) is 1. The summed E-state index contributed by atoms with van der Waals surface area (Å²) in [5.74, 6) is -0.207. The summed E-state index contributed by atoms with van der Waals surface area (Å²) in [6.07, 6.45) is 0.969. The van der Waals surface area contributed by atoms with Gasteiger partial charge in [0, 0.05) is 24.7 Å². The van der Waals surface area contributed by atoms with Crippen molar-refractivity contribution in [3.63, 3.8) is 0 Å². The maximum Gasteiger partial charge on any atom is 0.253 e. The molecule has 2 aromatic carbocycles. The number of amides is 1. The highest BCUT2D eigenvalue weighted by Gasteiger charge is 2.28. The molecule has 5 nitrogen and oxygen atoms in total. The van der Waals surface area contributed by atoms with Crippen LogP contribution in [0.5, 0.6) is 5.75 Å². The van der Waals surface area contributed by atoms with Crippen molar-refractivity contribution in [1.29, 1.82) is 0 Å². The first-order chi connectivity index (χ1) is 14.1. The third kappa shape index (κ3) is 3.96. The average Bonchev–Trinajstić information content (AvgIpc) is 3.10. The summed E-state index contributed by atoms with van der Waals surface area (Å²) < 4.78 is 35.8. The number of alkyl halides is 1. The Balaban J connectivity index is 1.68. The van der Waals surface area contributed by atoms with Gasteiger partial charge in [-0.1, -0.05) is 18.2 Å². The maximum absolute atomic E-state index is 14.6. The standard InChI is InChI=1S/C22H23F2N3O2/c1-29-15-5-2-4-14(10-15)12-27-13-16(21-17(23)6-3-7-20(21)27)22(28)26-19-8-9-25-11-18(19)24/h2-7,10,13,18-19,25H,8-9,11-12H2,1H3,(H,26,28)/t18-,19+/m1/s1. The molecule has 0 spiro atoms. The first kappa shape index (κ1) is 19.4. The molecule has 7 heteroatoms. The Labute approximate surface area is 167 Å². The number of piperidine rings is 1. The van der Waals surface area contributed by atoms with Gasteiger partial charge in [0.15, 0.2) is 0 Å². The minimum atomic E-state index is -1.16. The molecule has 2 heterocycles. The lowest BCUT2D eigenvalue weighted by Gasteiger charge is -2.27. The van der Waals surface area contributed by atoms with E-state index in [1.54, 1.807) is 25.4 Å². The Morgan fingerprint density at radius 2 is 2.14 bits per heavy atom. The number of nitrogens with zero attached hydrogens (tertiary/aromatic N) is 1. The van der Waals surface area contributed by atoms with Crippen molar-refractivity contribution in [3.8, 4) is 5.75 Å². The molecule has 1 fully saturated rings. The third-order valence-corrected chi connectivity index (χ3v) is 5.31. The van der Waals surface area contributed by atoms with Crippen LogP contribution in [0.2, 0.25) is 0 Å². The van der Waals surface area contributed by atoms with Crippen LogP contribution in [0, 0.1) is 5.82 Å². The molecule has 0 aliphatic carbocycles. The topological polar surface area (TPSA) is 55.3 Å². The number of aromatic nitrogens is 1. The van der Waals surface area contributed by atoms with Gasteiger partial charge in [0.1, 0.15) is 17.7 Å². The van der Waals surface area contributed by atoms with Crippen molar-refractivity contribution in [2.24, 2.45) is 0 Å². The van der Waals surface area contributed by atoms with Crippen LogP contribution < -0.4 is 15.4 Å². The minimum absolute atomic E-state index is 0.205. The van der Waals surface area contributed by atoms with Crippen molar-refractivity contribution in [2.75, 3.05) is 20.2 Å². The van der Waals surface area contributed by atoms with E-state index in [9.17, 15) is 13.6 Å². The normalized spacial score (nSPS) is 19.3. The number of carbonyl (C=O) groups is 1. The van der Waals surface area contributed by atoms with Crippen LogP contribution in [0.4, 0.5) is 8.78 Å². The highest BCUT2D eigenvalue weighted by molar-refractivity contribution is 6.07. The first-order valence-corrected chi connectivity index (χ1v) is 9.62. The Hall–Kier alpha value is -2.93. The quantitative estimate of drug-likeness (QED) is 0.693. The molecule has 2 atom stereocenters. The van der Waals surface area contributed by atoms with Gasteiger partial charge in [0.2, 0.25) is 0 Å². The zero-order valence-electron chi connectivity index (χ0n) is 16.1. The van der Waals surface area contributed by atoms with Crippen LogP contribution in [0.1, 0.15) is 22.3 Å². The fourth-order valence-electron chi connectivity index (χ4n) is 3.81. The van der Waals surface area contributed by atoms with E-state index >= 15 is 0 Å². The summed E-state index contributed by atoms with van der Waals surface area (Å²) in [5.41, 5.74) is 1.78. The molecule has 0 saturated carbocycles. The Morgan fingerprint density at radius 1 is 1.31 bits per heavy atom. The van der Waals surface area contributed by atoms with E-state index in [0.29, 0.717) is 25.0 Å². The van der Waals surface area contributed by atoms with E-state index in [1.165, 1.54) is 6.07 Å². The number of benzene rings is 2. The van der Waals surface area contributed by atoms with E-state index in [4.69, 9.17) is 4.74 Å². The molecular formula is C22H23F2N3O2.